The molecule has 26 heavy (non-hydrogen) atoms. The number of aryl methyl sites for hydroxylation is 2. The molecule has 6 heteroatoms. The molecule has 3 rings (SSSR count). The first kappa shape index (κ1) is 17.5. The Bertz CT molecular complexity index is 958. The molecule has 0 spiro atoms. The Balaban J connectivity index is 1.67. The van der Waals surface area contributed by atoms with Crippen molar-refractivity contribution in [1.82, 2.24) is 5.32 Å². The highest BCUT2D eigenvalue weighted by atomic mass is 16.3. The molecule has 3 amide bonds. The fourth-order valence-corrected chi connectivity index (χ4v) is 2.68. The van der Waals surface area contributed by atoms with E-state index in [9.17, 15) is 9.59 Å². The minimum atomic E-state index is -0.292. The van der Waals surface area contributed by atoms with Gasteiger partial charge in [0.2, 0.25) is 5.91 Å². The number of furan rings is 1. The number of fused-ring (bicyclic) bond motifs is 1. The van der Waals surface area contributed by atoms with Gasteiger partial charge < -0.3 is 20.4 Å². The molecule has 1 aromatic heterocycles. The summed E-state index contributed by atoms with van der Waals surface area (Å²) in [6.07, 6.45) is 1.87. The third-order valence-corrected chi connectivity index (χ3v) is 4.27. The zero-order valence-corrected chi connectivity index (χ0v) is 15.0. The zero-order chi connectivity index (χ0) is 18.7. The second-order valence-corrected chi connectivity index (χ2v) is 6.20. The van der Waals surface area contributed by atoms with E-state index < -0.39 is 0 Å². The number of carbonyl (C=O) groups excluding carboxylic acids is 2. The van der Waals surface area contributed by atoms with Crippen molar-refractivity contribution >= 4 is 34.3 Å². The van der Waals surface area contributed by atoms with Crippen molar-refractivity contribution in [3.63, 3.8) is 0 Å². The van der Waals surface area contributed by atoms with Crippen molar-refractivity contribution < 1.29 is 14.0 Å². The minimum Gasteiger partial charge on any atom is -0.464 e. The van der Waals surface area contributed by atoms with Crippen LogP contribution in [0.4, 0.5) is 16.2 Å². The lowest BCUT2D eigenvalue weighted by Crippen LogP contribution is -2.24. The summed E-state index contributed by atoms with van der Waals surface area (Å²) in [5, 5.41) is 8.96. The largest absolute Gasteiger partial charge is 0.464 e. The molecule has 1 heterocycles. The van der Waals surface area contributed by atoms with Crippen LogP contribution in [0.25, 0.3) is 11.0 Å². The van der Waals surface area contributed by atoms with E-state index in [1.54, 1.807) is 37.6 Å². The molecule has 6 nitrogen and oxygen atoms in total. The van der Waals surface area contributed by atoms with Crippen LogP contribution in [0.5, 0.6) is 0 Å². The van der Waals surface area contributed by atoms with Gasteiger partial charge in [0.1, 0.15) is 5.58 Å². The highest BCUT2D eigenvalue weighted by Gasteiger charge is 2.12. The molecular formula is C20H21N3O3. The van der Waals surface area contributed by atoms with Crippen molar-refractivity contribution in [1.29, 1.82) is 0 Å². The van der Waals surface area contributed by atoms with Crippen LogP contribution in [0.15, 0.2) is 47.1 Å². The third-order valence-electron chi connectivity index (χ3n) is 4.27. The van der Waals surface area contributed by atoms with E-state index in [1.165, 1.54) is 5.56 Å². The molecular weight excluding hydrogens is 330 g/mol. The number of carbonyl (C=O) groups is 2. The van der Waals surface area contributed by atoms with Gasteiger partial charge in [-0.05, 0) is 61.4 Å². The molecule has 0 fully saturated rings. The standard InChI is InChI=1S/C20H21N3O3/c1-12-8-17-14(11-26-18(17)9-13(12)2)10-19(24)22-15-4-6-16(7-5-15)23-20(25)21-3/h4-9,11H,10H2,1-3H3,(H,22,24)(H2,21,23,25). The summed E-state index contributed by atoms with van der Waals surface area (Å²) in [5.41, 5.74) is 5.29. The molecule has 134 valence electrons. The van der Waals surface area contributed by atoms with E-state index in [0.717, 1.165) is 22.1 Å². The number of nitrogens with one attached hydrogen (secondary N) is 3. The van der Waals surface area contributed by atoms with E-state index in [-0.39, 0.29) is 18.4 Å². The van der Waals surface area contributed by atoms with Crippen molar-refractivity contribution in [2.24, 2.45) is 0 Å². The number of benzene rings is 2. The Labute approximate surface area is 151 Å². The SMILES string of the molecule is CNC(=O)Nc1ccc(NC(=O)Cc2coc3cc(C)c(C)cc23)cc1. The lowest BCUT2D eigenvalue weighted by atomic mass is 10.0. The maximum atomic E-state index is 12.4. The average molecular weight is 351 g/mol. The Morgan fingerprint density at radius 2 is 1.58 bits per heavy atom. The monoisotopic (exact) mass is 351 g/mol. The third kappa shape index (κ3) is 3.85. The Hall–Kier alpha value is -3.28. The van der Waals surface area contributed by atoms with Gasteiger partial charge in [0.15, 0.2) is 0 Å². The maximum Gasteiger partial charge on any atom is 0.318 e. The molecule has 0 saturated carbocycles. The highest BCUT2D eigenvalue weighted by Crippen LogP contribution is 2.25. The summed E-state index contributed by atoms with van der Waals surface area (Å²) in [6.45, 7) is 4.08. The van der Waals surface area contributed by atoms with Crippen molar-refractivity contribution in [3.8, 4) is 0 Å². The number of rotatable bonds is 4. The van der Waals surface area contributed by atoms with Gasteiger partial charge in [-0.1, -0.05) is 0 Å². The van der Waals surface area contributed by atoms with Gasteiger partial charge in [-0.15, -0.1) is 0 Å². The van der Waals surface area contributed by atoms with Crippen LogP contribution in [0.1, 0.15) is 16.7 Å². The van der Waals surface area contributed by atoms with Gasteiger partial charge in [0.25, 0.3) is 0 Å². The zero-order valence-electron chi connectivity index (χ0n) is 15.0. The normalized spacial score (nSPS) is 10.6. The fourth-order valence-electron chi connectivity index (χ4n) is 2.68. The molecule has 0 unspecified atom stereocenters. The molecule has 0 bridgehead atoms. The Morgan fingerprint density at radius 1 is 0.962 bits per heavy atom. The summed E-state index contributed by atoms with van der Waals surface area (Å²) >= 11 is 0. The van der Waals surface area contributed by atoms with Gasteiger partial charge >= 0.3 is 6.03 Å². The van der Waals surface area contributed by atoms with Gasteiger partial charge in [0, 0.05) is 29.4 Å². The van der Waals surface area contributed by atoms with E-state index >= 15 is 0 Å². The first-order chi connectivity index (χ1) is 12.5. The molecule has 0 saturated heterocycles. The van der Waals surface area contributed by atoms with Crippen LogP contribution >= 0.6 is 0 Å². The van der Waals surface area contributed by atoms with Gasteiger partial charge in [-0.2, -0.15) is 0 Å². The number of hydrogen-bond donors (Lipinski definition) is 3. The van der Waals surface area contributed by atoms with Crippen LogP contribution in [-0.4, -0.2) is 19.0 Å². The van der Waals surface area contributed by atoms with Crippen molar-refractivity contribution in [3.05, 3.63) is 59.4 Å². The van der Waals surface area contributed by atoms with Gasteiger partial charge in [-0.3, -0.25) is 4.79 Å². The molecule has 3 N–H and O–H groups in total. The quantitative estimate of drug-likeness (QED) is 0.665. The first-order valence-electron chi connectivity index (χ1n) is 8.32. The predicted molar refractivity (Wildman–Crippen MR) is 103 cm³/mol. The fraction of sp³-hybridized carbons (Fsp3) is 0.200. The molecule has 0 atom stereocenters. The molecule has 2 aromatic carbocycles. The van der Waals surface area contributed by atoms with Gasteiger partial charge in [0.05, 0.1) is 12.7 Å². The van der Waals surface area contributed by atoms with Crippen LogP contribution in [0.2, 0.25) is 0 Å². The second-order valence-electron chi connectivity index (χ2n) is 6.20. The van der Waals surface area contributed by atoms with E-state index in [4.69, 9.17) is 4.42 Å². The highest BCUT2D eigenvalue weighted by molar-refractivity contribution is 5.96. The molecule has 0 aliphatic carbocycles. The number of hydrogen-bond acceptors (Lipinski definition) is 3. The number of amides is 3. The van der Waals surface area contributed by atoms with Crippen molar-refractivity contribution in [2.45, 2.75) is 20.3 Å². The Kier molecular flexibility index (Phi) is 4.93. The Morgan fingerprint density at radius 3 is 2.23 bits per heavy atom. The molecule has 0 radical (unpaired) electrons. The lowest BCUT2D eigenvalue weighted by Gasteiger charge is -2.07. The summed E-state index contributed by atoms with van der Waals surface area (Å²) in [5.74, 6) is -0.127. The lowest BCUT2D eigenvalue weighted by molar-refractivity contribution is -0.115. The van der Waals surface area contributed by atoms with Gasteiger partial charge in [-0.25, -0.2) is 4.79 Å². The summed E-state index contributed by atoms with van der Waals surface area (Å²) in [4.78, 5) is 23.6. The second kappa shape index (κ2) is 7.31. The topological polar surface area (TPSA) is 83.4 Å². The van der Waals surface area contributed by atoms with Crippen LogP contribution in [0, 0.1) is 13.8 Å². The maximum absolute atomic E-state index is 12.4. The smallest absolute Gasteiger partial charge is 0.318 e. The molecule has 0 aliphatic heterocycles. The first-order valence-corrected chi connectivity index (χ1v) is 8.32. The summed E-state index contributed by atoms with van der Waals surface area (Å²) in [6, 6.07) is 10.7. The van der Waals surface area contributed by atoms with Crippen LogP contribution < -0.4 is 16.0 Å². The predicted octanol–water partition coefficient (Wildman–Crippen LogP) is 3.98. The average Bonchev–Trinajstić information content (AvgIpc) is 2.98. The molecule has 0 aliphatic rings. The summed E-state index contributed by atoms with van der Waals surface area (Å²) < 4.78 is 5.57. The van der Waals surface area contributed by atoms with Crippen LogP contribution in [0.3, 0.4) is 0 Å². The minimum absolute atomic E-state index is 0.127. The van der Waals surface area contributed by atoms with Crippen LogP contribution in [-0.2, 0) is 11.2 Å². The number of anilines is 2. The number of urea groups is 1. The molecule has 3 aromatic rings. The van der Waals surface area contributed by atoms with E-state index in [1.807, 2.05) is 19.9 Å². The van der Waals surface area contributed by atoms with E-state index in [2.05, 4.69) is 22.0 Å². The van der Waals surface area contributed by atoms with Crippen molar-refractivity contribution in [2.75, 3.05) is 17.7 Å². The van der Waals surface area contributed by atoms with E-state index in [0.29, 0.717) is 11.4 Å². The summed E-state index contributed by atoms with van der Waals surface area (Å²) in [7, 11) is 1.55.